The molecule has 2 aromatic carbocycles. The quantitative estimate of drug-likeness (QED) is 0.290. The summed E-state index contributed by atoms with van der Waals surface area (Å²) in [6.07, 6.45) is 7.08. The average Bonchev–Trinajstić information content (AvgIpc) is 3.66. The highest BCUT2D eigenvalue weighted by atomic mass is 32.2. The van der Waals surface area contributed by atoms with E-state index in [1.54, 1.807) is 47.7 Å². The van der Waals surface area contributed by atoms with Crippen LogP contribution >= 0.6 is 11.3 Å². The Hall–Kier alpha value is -3.25. The monoisotopic (exact) mass is 541 g/mol. The molecular formula is C26H27N3O6S2. The van der Waals surface area contributed by atoms with Crippen LogP contribution in [0.4, 0.5) is 5.13 Å². The fourth-order valence-corrected chi connectivity index (χ4v) is 5.69. The molecular weight excluding hydrogens is 514 g/mol. The lowest BCUT2D eigenvalue weighted by Gasteiger charge is -2.17. The second kappa shape index (κ2) is 11.0. The summed E-state index contributed by atoms with van der Waals surface area (Å²) >= 11 is 1.63. The van der Waals surface area contributed by atoms with Gasteiger partial charge in [0.15, 0.2) is 10.7 Å². The maximum Gasteiger partial charge on any atom is 0.297 e. The van der Waals surface area contributed by atoms with E-state index in [0.717, 1.165) is 28.7 Å². The van der Waals surface area contributed by atoms with Crippen LogP contribution in [0.2, 0.25) is 0 Å². The number of hydrogen-bond donors (Lipinski definition) is 1. The van der Waals surface area contributed by atoms with Gasteiger partial charge in [0.25, 0.3) is 10.1 Å². The van der Waals surface area contributed by atoms with Crippen molar-refractivity contribution >= 4 is 49.8 Å². The minimum atomic E-state index is -3.97. The average molecular weight is 542 g/mol. The van der Waals surface area contributed by atoms with Gasteiger partial charge in [0.1, 0.15) is 24.0 Å². The predicted octanol–water partition coefficient (Wildman–Crippen LogP) is 4.51. The first kappa shape index (κ1) is 25.4. The van der Waals surface area contributed by atoms with Gasteiger partial charge in [-0.3, -0.25) is 4.18 Å². The summed E-state index contributed by atoms with van der Waals surface area (Å²) in [6.45, 7) is 3.20. The number of anilines is 1. The van der Waals surface area contributed by atoms with Crippen LogP contribution in [-0.4, -0.2) is 55.9 Å². The highest BCUT2D eigenvalue weighted by Crippen LogP contribution is 2.28. The number of aryl methyl sites for hydroxylation is 1. The molecule has 1 fully saturated rings. The molecule has 1 saturated heterocycles. The summed E-state index contributed by atoms with van der Waals surface area (Å²) in [6, 6.07) is 11.4. The number of aliphatic hydroxyl groups is 1. The van der Waals surface area contributed by atoms with Crippen molar-refractivity contribution in [3.8, 4) is 5.75 Å². The summed E-state index contributed by atoms with van der Waals surface area (Å²) in [5.41, 5.74) is 2.09. The summed E-state index contributed by atoms with van der Waals surface area (Å²) in [4.78, 5) is 12.3. The molecule has 1 aliphatic rings. The first-order valence-corrected chi connectivity index (χ1v) is 14.2. The third-order valence-electron chi connectivity index (χ3n) is 5.88. The summed E-state index contributed by atoms with van der Waals surface area (Å²) in [7, 11) is -3.97. The van der Waals surface area contributed by atoms with E-state index in [0.29, 0.717) is 22.7 Å². The molecule has 0 aliphatic carbocycles. The van der Waals surface area contributed by atoms with Gasteiger partial charge in [-0.2, -0.15) is 8.42 Å². The molecule has 0 spiro atoms. The summed E-state index contributed by atoms with van der Waals surface area (Å²) in [5, 5.41) is 10.7. The van der Waals surface area contributed by atoms with Gasteiger partial charge in [-0.15, -0.1) is 0 Å². The molecule has 11 heteroatoms. The van der Waals surface area contributed by atoms with Crippen LogP contribution in [0.3, 0.4) is 0 Å². The molecule has 37 heavy (non-hydrogen) atoms. The van der Waals surface area contributed by atoms with E-state index in [1.165, 1.54) is 25.0 Å². The van der Waals surface area contributed by atoms with Crippen molar-refractivity contribution in [3.05, 3.63) is 65.0 Å². The molecule has 194 valence electrons. The van der Waals surface area contributed by atoms with Crippen LogP contribution in [0.5, 0.6) is 5.75 Å². The fourth-order valence-electron chi connectivity index (χ4n) is 3.88. The number of nitrogens with zero attached hydrogens (tertiary/aromatic N) is 3. The Balaban J connectivity index is 1.22. The molecule has 1 N–H and O–H groups in total. The number of aromatic nitrogens is 2. The van der Waals surface area contributed by atoms with Gasteiger partial charge in [0, 0.05) is 36.3 Å². The molecule has 1 aliphatic heterocycles. The lowest BCUT2D eigenvalue weighted by atomic mass is 10.2. The highest BCUT2D eigenvalue weighted by Gasteiger charge is 2.20. The lowest BCUT2D eigenvalue weighted by molar-refractivity contribution is 0.0741. The van der Waals surface area contributed by atoms with Crippen molar-refractivity contribution in [2.45, 2.75) is 30.8 Å². The first-order chi connectivity index (χ1) is 17.9. The van der Waals surface area contributed by atoms with Crippen LogP contribution < -0.4 is 9.64 Å². The third kappa shape index (κ3) is 6.19. The minimum absolute atomic E-state index is 0.0454. The van der Waals surface area contributed by atoms with Crippen LogP contribution in [0.15, 0.2) is 58.0 Å². The molecule has 3 heterocycles. The van der Waals surface area contributed by atoms with Crippen LogP contribution in [-0.2, 0) is 14.3 Å². The van der Waals surface area contributed by atoms with Crippen molar-refractivity contribution in [2.75, 3.05) is 31.2 Å². The zero-order valence-corrected chi connectivity index (χ0v) is 21.9. The molecule has 4 aromatic rings. The maximum atomic E-state index is 12.4. The van der Waals surface area contributed by atoms with E-state index < -0.39 is 22.8 Å². The van der Waals surface area contributed by atoms with Crippen LogP contribution in [0.25, 0.3) is 23.3 Å². The number of fused-ring (bicyclic) bond motifs is 1. The van der Waals surface area contributed by atoms with E-state index in [1.807, 2.05) is 19.2 Å². The smallest absolute Gasteiger partial charge is 0.297 e. The Morgan fingerprint density at radius 3 is 2.70 bits per heavy atom. The van der Waals surface area contributed by atoms with Crippen LogP contribution in [0, 0.1) is 6.92 Å². The maximum absolute atomic E-state index is 12.4. The lowest BCUT2D eigenvalue weighted by Crippen LogP contribution is -2.28. The second-order valence-corrected chi connectivity index (χ2v) is 11.4. The topological polar surface area (TPSA) is 115 Å². The highest BCUT2D eigenvalue weighted by molar-refractivity contribution is 7.86. The summed E-state index contributed by atoms with van der Waals surface area (Å²) in [5.74, 6) is 0.835. The van der Waals surface area contributed by atoms with E-state index in [4.69, 9.17) is 13.3 Å². The van der Waals surface area contributed by atoms with Crippen molar-refractivity contribution in [1.82, 2.24) is 9.97 Å². The molecule has 0 radical (unpaired) electrons. The van der Waals surface area contributed by atoms with E-state index in [-0.39, 0.29) is 11.5 Å². The largest absolute Gasteiger partial charge is 0.485 e. The number of benzene rings is 2. The predicted molar refractivity (Wildman–Crippen MR) is 142 cm³/mol. The summed E-state index contributed by atoms with van der Waals surface area (Å²) < 4.78 is 41.6. The van der Waals surface area contributed by atoms with E-state index >= 15 is 0 Å². The number of oxazole rings is 1. The van der Waals surface area contributed by atoms with Crippen molar-refractivity contribution in [1.29, 1.82) is 0 Å². The van der Waals surface area contributed by atoms with Gasteiger partial charge >= 0.3 is 0 Å². The van der Waals surface area contributed by atoms with Gasteiger partial charge in [-0.1, -0.05) is 29.0 Å². The Morgan fingerprint density at radius 2 is 1.95 bits per heavy atom. The zero-order valence-electron chi connectivity index (χ0n) is 20.2. The van der Waals surface area contributed by atoms with Crippen LogP contribution in [0.1, 0.15) is 29.2 Å². The van der Waals surface area contributed by atoms with Crippen molar-refractivity contribution in [3.63, 3.8) is 0 Å². The van der Waals surface area contributed by atoms with Gasteiger partial charge in [0.05, 0.1) is 11.5 Å². The Morgan fingerprint density at radius 1 is 1.16 bits per heavy atom. The molecule has 0 bridgehead atoms. The van der Waals surface area contributed by atoms with Gasteiger partial charge in [-0.25, -0.2) is 9.97 Å². The fraction of sp³-hybridized carbons (Fsp3) is 0.308. The number of rotatable bonds is 10. The van der Waals surface area contributed by atoms with Gasteiger partial charge < -0.3 is 19.2 Å². The zero-order chi connectivity index (χ0) is 25.8. The van der Waals surface area contributed by atoms with Gasteiger partial charge in [-0.05, 0) is 50.1 Å². The van der Waals surface area contributed by atoms with Crippen molar-refractivity contribution in [2.24, 2.45) is 0 Å². The van der Waals surface area contributed by atoms with E-state index in [9.17, 15) is 13.5 Å². The molecule has 2 aromatic heterocycles. The second-order valence-electron chi connectivity index (χ2n) is 8.73. The molecule has 0 saturated carbocycles. The first-order valence-electron chi connectivity index (χ1n) is 11.9. The standard InChI is InChI=1S/C26H27N3O6S2/c1-18-4-8-22(9-5-18)37(31,32)33-17-20(16-30)34-19-6-10-23-24(14-19)35-25(28-23)11-7-21-15-27-26(36-21)29-12-2-3-13-29/h4-11,14-15,20,30H,2-3,12-13,16-17H2,1H3/b11-7+. The molecule has 1 atom stereocenters. The molecule has 5 rings (SSSR count). The number of thiazole rings is 1. The normalized spacial score (nSPS) is 15.1. The molecule has 0 amide bonds. The number of ether oxygens (including phenoxy) is 1. The van der Waals surface area contributed by atoms with Gasteiger partial charge in [0.2, 0.25) is 5.89 Å². The SMILES string of the molecule is Cc1ccc(S(=O)(=O)OCC(CO)Oc2ccc3nc(/C=C/c4cnc(N5CCCC5)s4)oc3c2)cc1. The van der Waals surface area contributed by atoms with E-state index in [2.05, 4.69) is 14.9 Å². The molecule has 1 unspecified atom stereocenters. The Kier molecular flexibility index (Phi) is 7.56. The van der Waals surface area contributed by atoms with Crippen molar-refractivity contribution < 1.29 is 26.9 Å². The minimum Gasteiger partial charge on any atom is -0.485 e. The number of aliphatic hydroxyl groups excluding tert-OH is 1. The Labute approximate surface area is 219 Å². The Bertz CT molecular complexity index is 1490. The third-order valence-corrected chi connectivity index (χ3v) is 8.20. The number of hydrogen-bond acceptors (Lipinski definition) is 10. The molecule has 9 nitrogen and oxygen atoms in total.